The molecule has 0 atom stereocenters. The number of benzene rings is 2. The molecule has 0 bridgehead atoms. The molecule has 0 fully saturated rings. The second-order valence-corrected chi connectivity index (χ2v) is 4.13. The van der Waals surface area contributed by atoms with Gasteiger partial charge in [0.25, 0.3) is 0 Å². The molecule has 20 heavy (non-hydrogen) atoms. The molecule has 0 aliphatic rings. The molecule has 2 rings (SSSR count). The van der Waals surface area contributed by atoms with Crippen LogP contribution in [0.1, 0.15) is 11.1 Å². The number of hydrogen-bond acceptors (Lipinski definition) is 3. The lowest BCUT2D eigenvalue weighted by molar-refractivity contribution is 0.00504. The maximum Gasteiger partial charge on any atom is 0.189 e. The Morgan fingerprint density at radius 3 is 2.40 bits per heavy atom. The molecule has 0 unspecified atom stereocenters. The highest BCUT2D eigenvalue weighted by Gasteiger charge is 1.95. The van der Waals surface area contributed by atoms with Crippen molar-refractivity contribution in [2.75, 3.05) is 13.3 Å². The maximum absolute atomic E-state index is 5.49. The zero-order valence-corrected chi connectivity index (χ0v) is 11.2. The van der Waals surface area contributed by atoms with Gasteiger partial charge in [-0.05, 0) is 29.8 Å². The molecule has 0 spiro atoms. The molecule has 102 valence electrons. The molecule has 0 saturated heterocycles. The van der Waals surface area contributed by atoms with E-state index in [1.54, 1.807) is 0 Å². The number of nitrogens with two attached hydrogens (primary N) is 1. The normalized spacial score (nSPS) is 9.65. The van der Waals surface area contributed by atoms with Crippen molar-refractivity contribution in [3.05, 3.63) is 65.7 Å². The lowest BCUT2D eigenvalue weighted by Crippen LogP contribution is -2.02. The second-order valence-electron chi connectivity index (χ2n) is 4.13. The summed E-state index contributed by atoms with van der Waals surface area (Å²) in [4.78, 5) is 0. The average molecular weight is 267 g/mol. The Morgan fingerprint density at radius 1 is 0.950 bits per heavy atom. The van der Waals surface area contributed by atoms with Gasteiger partial charge in [-0.15, -0.1) is 0 Å². The number of rotatable bonds is 5. The van der Waals surface area contributed by atoms with E-state index in [9.17, 15) is 0 Å². The van der Waals surface area contributed by atoms with Crippen LogP contribution in [0.3, 0.4) is 0 Å². The summed E-state index contributed by atoms with van der Waals surface area (Å²) in [5.41, 5.74) is 7.37. The van der Waals surface area contributed by atoms with Crippen LogP contribution in [0.5, 0.6) is 5.75 Å². The van der Waals surface area contributed by atoms with Gasteiger partial charge in [0, 0.05) is 5.56 Å². The van der Waals surface area contributed by atoms with Crippen molar-refractivity contribution in [3.63, 3.8) is 0 Å². The summed E-state index contributed by atoms with van der Waals surface area (Å²) >= 11 is 0. The molecule has 0 radical (unpaired) electrons. The molecular weight excluding hydrogens is 250 g/mol. The van der Waals surface area contributed by atoms with Gasteiger partial charge < -0.3 is 15.2 Å². The minimum absolute atomic E-state index is 0.225. The van der Waals surface area contributed by atoms with Crippen LogP contribution in [0.25, 0.3) is 0 Å². The van der Waals surface area contributed by atoms with Crippen LogP contribution in [-0.2, 0) is 11.3 Å². The smallest absolute Gasteiger partial charge is 0.189 e. The first kappa shape index (κ1) is 14.1. The van der Waals surface area contributed by atoms with Crippen molar-refractivity contribution in [2.24, 2.45) is 5.73 Å². The quantitative estimate of drug-likeness (QED) is 0.514. The molecule has 3 nitrogen and oxygen atoms in total. The van der Waals surface area contributed by atoms with Crippen LogP contribution in [0.15, 0.2) is 54.6 Å². The Morgan fingerprint density at radius 2 is 1.70 bits per heavy atom. The van der Waals surface area contributed by atoms with Crippen molar-refractivity contribution in [3.8, 4) is 17.6 Å². The third-order valence-corrected chi connectivity index (χ3v) is 2.61. The largest absolute Gasteiger partial charge is 0.468 e. The average Bonchev–Trinajstić information content (AvgIpc) is 2.52. The molecule has 0 aromatic heterocycles. The van der Waals surface area contributed by atoms with E-state index in [1.165, 1.54) is 0 Å². The topological polar surface area (TPSA) is 44.5 Å². The van der Waals surface area contributed by atoms with E-state index in [-0.39, 0.29) is 6.79 Å². The summed E-state index contributed by atoms with van der Waals surface area (Å²) < 4.78 is 10.9. The molecule has 3 heteroatoms. The SMILES string of the molecule is NCC#Cc1ccc(OCOCc2ccccc2)cc1. The molecular formula is C17H17NO2. The third-order valence-electron chi connectivity index (χ3n) is 2.61. The third kappa shape index (κ3) is 4.77. The van der Waals surface area contributed by atoms with Crippen LogP contribution < -0.4 is 10.5 Å². The monoisotopic (exact) mass is 267 g/mol. The van der Waals surface area contributed by atoms with Crippen molar-refractivity contribution in [1.82, 2.24) is 0 Å². The summed E-state index contributed by atoms with van der Waals surface area (Å²) in [5.74, 6) is 6.53. The van der Waals surface area contributed by atoms with Gasteiger partial charge in [0.1, 0.15) is 5.75 Å². The van der Waals surface area contributed by atoms with Crippen molar-refractivity contribution in [2.45, 2.75) is 6.61 Å². The van der Waals surface area contributed by atoms with Crippen molar-refractivity contribution >= 4 is 0 Å². The van der Waals surface area contributed by atoms with Gasteiger partial charge in [-0.2, -0.15) is 0 Å². The summed E-state index contributed by atoms with van der Waals surface area (Å²) in [6, 6.07) is 17.5. The highest BCUT2D eigenvalue weighted by Crippen LogP contribution is 2.11. The van der Waals surface area contributed by atoms with Gasteiger partial charge in [-0.25, -0.2) is 0 Å². The summed E-state index contributed by atoms with van der Waals surface area (Å²) in [7, 11) is 0. The lowest BCUT2D eigenvalue weighted by atomic mass is 10.2. The van der Waals surface area contributed by atoms with Crippen LogP contribution in [0.2, 0.25) is 0 Å². The molecule has 2 aromatic carbocycles. The first-order valence-electron chi connectivity index (χ1n) is 6.42. The highest BCUT2D eigenvalue weighted by molar-refractivity contribution is 5.38. The highest BCUT2D eigenvalue weighted by atomic mass is 16.7. The van der Waals surface area contributed by atoms with Crippen LogP contribution in [-0.4, -0.2) is 13.3 Å². The summed E-state index contributed by atoms with van der Waals surface area (Å²) in [6.07, 6.45) is 0. The van der Waals surface area contributed by atoms with Gasteiger partial charge in [0.2, 0.25) is 0 Å². The van der Waals surface area contributed by atoms with E-state index in [4.69, 9.17) is 15.2 Å². The van der Waals surface area contributed by atoms with E-state index in [2.05, 4.69) is 11.8 Å². The van der Waals surface area contributed by atoms with E-state index >= 15 is 0 Å². The van der Waals surface area contributed by atoms with Gasteiger partial charge in [0.05, 0.1) is 13.2 Å². The zero-order chi connectivity index (χ0) is 14.0. The number of ether oxygens (including phenoxy) is 2. The van der Waals surface area contributed by atoms with E-state index in [1.807, 2.05) is 54.6 Å². The molecule has 0 aliphatic carbocycles. The zero-order valence-electron chi connectivity index (χ0n) is 11.2. The standard InChI is InChI=1S/C17H17NO2/c18-12-4-7-15-8-10-17(11-9-15)20-14-19-13-16-5-2-1-3-6-16/h1-3,5-6,8-11H,12-14,18H2. The number of hydrogen-bond donors (Lipinski definition) is 1. The first-order chi connectivity index (χ1) is 9.88. The van der Waals surface area contributed by atoms with Gasteiger partial charge in [-0.1, -0.05) is 42.2 Å². The Kier molecular flexibility index (Phi) is 5.66. The fourth-order valence-corrected chi connectivity index (χ4v) is 1.63. The van der Waals surface area contributed by atoms with Crippen molar-refractivity contribution < 1.29 is 9.47 Å². The molecule has 2 N–H and O–H groups in total. The minimum atomic E-state index is 0.225. The lowest BCUT2D eigenvalue weighted by Gasteiger charge is -2.07. The molecule has 0 aliphatic heterocycles. The van der Waals surface area contributed by atoms with Crippen LogP contribution in [0.4, 0.5) is 0 Å². The van der Waals surface area contributed by atoms with E-state index in [0.717, 1.165) is 16.9 Å². The summed E-state index contributed by atoms with van der Waals surface area (Å²) in [6.45, 7) is 1.13. The Labute approximate surface area is 119 Å². The van der Waals surface area contributed by atoms with Gasteiger partial charge >= 0.3 is 0 Å². The Balaban J connectivity index is 1.74. The molecule has 0 saturated carbocycles. The van der Waals surface area contributed by atoms with E-state index in [0.29, 0.717) is 13.2 Å². The minimum Gasteiger partial charge on any atom is -0.468 e. The van der Waals surface area contributed by atoms with Crippen LogP contribution in [0, 0.1) is 11.8 Å². The van der Waals surface area contributed by atoms with Crippen molar-refractivity contribution in [1.29, 1.82) is 0 Å². The Hall–Kier alpha value is -2.28. The second kappa shape index (κ2) is 8.00. The van der Waals surface area contributed by atoms with Gasteiger partial charge in [0.15, 0.2) is 6.79 Å². The fourth-order valence-electron chi connectivity index (χ4n) is 1.63. The molecule has 2 aromatic rings. The van der Waals surface area contributed by atoms with Gasteiger partial charge in [-0.3, -0.25) is 0 Å². The first-order valence-corrected chi connectivity index (χ1v) is 6.42. The predicted molar refractivity (Wildman–Crippen MR) is 79.1 cm³/mol. The molecule has 0 heterocycles. The van der Waals surface area contributed by atoms with Crippen LogP contribution >= 0.6 is 0 Å². The Bertz CT molecular complexity index is 567. The van der Waals surface area contributed by atoms with E-state index < -0.39 is 0 Å². The summed E-state index contributed by atoms with van der Waals surface area (Å²) in [5, 5.41) is 0. The maximum atomic E-state index is 5.49. The fraction of sp³-hybridized carbons (Fsp3) is 0.176. The molecule has 0 amide bonds. The predicted octanol–water partition coefficient (Wildman–Crippen LogP) is 2.55.